The van der Waals surface area contributed by atoms with Gasteiger partial charge in [0.25, 0.3) is 0 Å². The lowest BCUT2D eigenvalue weighted by Gasteiger charge is -2.22. The molecule has 1 aromatic heterocycles. The van der Waals surface area contributed by atoms with Gasteiger partial charge in [-0.3, -0.25) is 0 Å². The molecule has 0 amide bonds. The van der Waals surface area contributed by atoms with E-state index in [1.54, 1.807) is 0 Å². The normalized spacial score (nSPS) is 15.2. The van der Waals surface area contributed by atoms with Gasteiger partial charge in [-0.25, -0.2) is 9.37 Å². The molecule has 0 fully saturated rings. The molecular formula is C21H24FN5S. The van der Waals surface area contributed by atoms with Crippen molar-refractivity contribution in [2.24, 2.45) is 5.73 Å². The van der Waals surface area contributed by atoms with Gasteiger partial charge in [0.05, 0.1) is 5.52 Å². The van der Waals surface area contributed by atoms with Crippen LogP contribution in [0.3, 0.4) is 0 Å². The number of nitrogens with one attached hydrogen (secondary N) is 1. The van der Waals surface area contributed by atoms with Gasteiger partial charge < -0.3 is 16.0 Å². The van der Waals surface area contributed by atoms with Crippen LogP contribution in [0, 0.1) is 6.92 Å². The quantitative estimate of drug-likeness (QED) is 0.683. The van der Waals surface area contributed by atoms with Gasteiger partial charge in [0, 0.05) is 42.2 Å². The van der Waals surface area contributed by atoms with E-state index in [0.717, 1.165) is 35.3 Å². The molecule has 1 atom stereocenters. The maximum Gasteiger partial charge on any atom is 0.228 e. The number of thioether (sulfide) groups is 1. The van der Waals surface area contributed by atoms with Crippen molar-refractivity contribution in [1.29, 1.82) is 0 Å². The van der Waals surface area contributed by atoms with Crippen molar-refractivity contribution >= 4 is 34.4 Å². The van der Waals surface area contributed by atoms with Crippen molar-refractivity contribution in [1.82, 2.24) is 9.97 Å². The first-order valence-corrected chi connectivity index (χ1v) is 10.4. The Morgan fingerprint density at radius 1 is 1.25 bits per heavy atom. The zero-order valence-electron chi connectivity index (χ0n) is 15.9. The van der Waals surface area contributed by atoms with Crippen molar-refractivity contribution in [2.75, 3.05) is 35.6 Å². The predicted molar refractivity (Wildman–Crippen MR) is 115 cm³/mol. The number of nitrogens with two attached hydrogens (primary N) is 1. The number of rotatable bonds is 5. The molecule has 0 radical (unpaired) electrons. The SMILES string of the molecule is Cc1ccc2nc(N3CCSc4ccccc4C3)nc(NCC(F)CN)c2c1. The maximum absolute atomic E-state index is 13.7. The molecule has 0 saturated carbocycles. The number of anilines is 2. The molecule has 1 unspecified atom stereocenters. The molecule has 5 nitrogen and oxygen atoms in total. The van der Waals surface area contributed by atoms with Crippen molar-refractivity contribution in [3.8, 4) is 0 Å². The van der Waals surface area contributed by atoms with Crippen LogP contribution in [0.1, 0.15) is 11.1 Å². The van der Waals surface area contributed by atoms with E-state index < -0.39 is 6.17 Å². The molecule has 3 aromatic rings. The van der Waals surface area contributed by atoms with Crippen LogP contribution in [-0.4, -0.2) is 41.5 Å². The van der Waals surface area contributed by atoms with Gasteiger partial charge in [-0.2, -0.15) is 4.98 Å². The van der Waals surface area contributed by atoms with Crippen LogP contribution < -0.4 is 16.0 Å². The Morgan fingerprint density at radius 2 is 2.11 bits per heavy atom. The Morgan fingerprint density at radius 3 is 2.96 bits per heavy atom. The summed E-state index contributed by atoms with van der Waals surface area (Å²) in [4.78, 5) is 13.1. The van der Waals surface area contributed by atoms with Crippen LogP contribution in [0.5, 0.6) is 0 Å². The summed E-state index contributed by atoms with van der Waals surface area (Å²) in [6, 6.07) is 14.5. The molecule has 4 rings (SSSR count). The van der Waals surface area contributed by atoms with E-state index in [9.17, 15) is 4.39 Å². The lowest BCUT2D eigenvalue weighted by Crippen LogP contribution is -2.27. The Hall–Kier alpha value is -2.38. The first kappa shape index (κ1) is 19.0. The molecule has 0 saturated heterocycles. The topological polar surface area (TPSA) is 67.1 Å². The number of halogens is 1. The van der Waals surface area contributed by atoms with Crippen LogP contribution in [-0.2, 0) is 6.54 Å². The van der Waals surface area contributed by atoms with E-state index in [-0.39, 0.29) is 13.1 Å². The third-order valence-corrected chi connectivity index (χ3v) is 5.92. The van der Waals surface area contributed by atoms with Crippen LogP contribution >= 0.6 is 11.8 Å². The Balaban J connectivity index is 1.71. The predicted octanol–water partition coefficient (Wildman–Crippen LogP) is 3.76. The highest BCUT2D eigenvalue weighted by Gasteiger charge is 2.19. The third-order valence-electron chi connectivity index (χ3n) is 4.82. The van der Waals surface area contributed by atoms with E-state index in [4.69, 9.17) is 15.7 Å². The molecule has 1 aliphatic rings. The van der Waals surface area contributed by atoms with Gasteiger partial charge in [-0.05, 0) is 30.7 Å². The number of hydrogen-bond donors (Lipinski definition) is 2. The third kappa shape index (κ3) is 4.05. The van der Waals surface area contributed by atoms with Gasteiger partial charge in [0.2, 0.25) is 5.95 Å². The zero-order valence-corrected chi connectivity index (χ0v) is 16.7. The molecule has 1 aliphatic heterocycles. The summed E-state index contributed by atoms with van der Waals surface area (Å²) in [6.45, 7) is 3.76. The minimum absolute atomic E-state index is 0.0119. The highest BCUT2D eigenvalue weighted by molar-refractivity contribution is 7.99. The van der Waals surface area contributed by atoms with Crippen LogP contribution in [0.4, 0.5) is 16.2 Å². The van der Waals surface area contributed by atoms with E-state index in [1.807, 2.05) is 36.9 Å². The molecule has 28 heavy (non-hydrogen) atoms. The second-order valence-electron chi connectivity index (χ2n) is 6.98. The second-order valence-corrected chi connectivity index (χ2v) is 8.12. The summed E-state index contributed by atoms with van der Waals surface area (Å²) in [6.07, 6.45) is -1.11. The standard InChI is InChI=1S/C21H24FN5S/c1-14-6-7-18-17(10-14)20(24-12-16(22)11-23)26-21(25-18)27-8-9-28-19-5-3-2-4-15(19)13-27/h2-7,10,16H,8-9,11-13,23H2,1H3,(H,24,25,26). The average molecular weight is 398 g/mol. The number of hydrogen-bond acceptors (Lipinski definition) is 6. The Bertz CT molecular complexity index is 980. The van der Waals surface area contributed by atoms with Gasteiger partial charge in [0.15, 0.2) is 0 Å². The Labute approximate surface area is 168 Å². The molecular weight excluding hydrogens is 373 g/mol. The molecule has 7 heteroatoms. The number of benzene rings is 2. The first-order chi connectivity index (χ1) is 13.6. The number of aromatic nitrogens is 2. The molecule has 0 spiro atoms. The van der Waals surface area contributed by atoms with Gasteiger partial charge in [-0.15, -0.1) is 11.8 Å². The fourth-order valence-corrected chi connectivity index (χ4v) is 4.32. The minimum atomic E-state index is -1.11. The Kier molecular flexibility index (Phi) is 5.64. The summed E-state index contributed by atoms with van der Waals surface area (Å²) in [5, 5.41) is 4.04. The number of fused-ring (bicyclic) bond motifs is 2. The highest BCUT2D eigenvalue weighted by atomic mass is 32.2. The maximum atomic E-state index is 13.7. The smallest absolute Gasteiger partial charge is 0.228 e. The largest absolute Gasteiger partial charge is 0.366 e. The lowest BCUT2D eigenvalue weighted by atomic mass is 10.1. The van der Waals surface area contributed by atoms with E-state index >= 15 is 0 Å². The van der Waals surface area contributed by atoms with E-state index in [1.165, 1.54) is 10.5 Å². The average Bonchev–Trinajstić information content (AvgIpc) is 2.94. The first-order valence-electron chi connectivity index (χ1n) is 9.46. The van der Waals surface area contributed by atoms with Crippen LogP contribution in [0.15, 0.2) is 47.4 Å². The molecule has 3 N–H and O–H groups in total. The molecule has 0 aliphatic carbocycles. The highest BCUT2D eigenvalue weighted by Crippen LogP contribution is 2.30. The summed E-state index contributed by atoms with van der Waals surface area (Å²) < 4.78 is 13.7. The molecule has 2 heterocycles. The van der Waals surface area contributed by atoms with Gasteiger partial charge in [-0.1, -0.05) is 29.8 Å². The fraction of sp³-hybridized carbons (Fsp3) is 0.333. The van der Waals surface area contributed by atoms with Crippen LogP contribution in [0.25, 0.3) is 10.9 Å². The second kappa shape index (κ2) is 8.32. The summed E-state index contributed by atoms with van der Waals surface area (Å²) >= 11 is 1.86. The zero-order chi connectivity index (χ0) is 19.5. The summed E-state index contributed by atoms with van der Waals surface area (Å²) in [5.41, 5.74) is 8.67. The molecule has 146 valence electrons. The summed E-state index contributed by atoms with van der Waals surface area (Å²) in [7, 11) is 0. The molecule has 0 bridgehead atoms. The minimum Gasteiger partial charge on any atom is -0.366 e. The van der Waals surface area contributed by atoms with E-state index in [0.29, 0.717) is 11.8 Å². The number of alkyl halides is 1. The van der Waals surface area contributed by atoms with Crippen molar-refractivity contribution in [2.45, 2.75) is 24.5 Å². The summed E-state index contributed by atoms with van der Waals surface area (Å²) in [5.74, 6) is 2.29. The number of aryl methyl sites for hydroxylation is 1. The fourth-order valence-electron chi connectivity index (χ4n) is 3.29. The van der Waals surface area contributed by atoms with Gasteiger partial charge in [0.1, 0.15) is 12.0 Å². The van der Waals surface area contributed by atoms with Crippen molar-refractivity contribution in [3.05, 3.63) is 53.6 Å². The lowest BCUT2D eigenvalue weighted by molar-refractivity contribution is 0.358. The van der Waals surface area contributed by atoms with Gasteiger partial charge >= 0.3 is 0 Å². The van der Waals surface area contributed by atoms with Crippen molar-refractivity contribution < 1.29 is 4.39 Å². The van der Waals surface area contributed by atoms with Crippen LogP contribution in [0.2, 0.25) is 0 Å². The van der Waals surface area contributed by atoms with E-state index in [2.05, 4.69) is 34.5 Å². The van der Waals surface area contributed by atoms with Crippen molar-refractivity contribution in [3.63, 3.8) is 0 Å². The number of nitrogens with zero attached hydrogens (tertiary/aromatic N) is 3. The monoisotopic (exact) mass is 397 g/mol. The molecule has 2 aromatic carbocycles.